The van der Waals surface area contributed by atoms with E-state index in [0.29, 0.717) is 12.5 Å². The molecule has 4 nitrogen and oxygen atoms in total. The van der Waals surface area contributed by atoms with E-state index in [0.717, 1.165) is 22.5 Å². The summed E-state index contributed by atoms with van der Waals surface area (Å²) in [7, 11) is 0. The highest BCUT2D eigenvalue weighted by molar-refractivity contribution is 14.1. The van der Waals surface area contributed by atoms with Crippen molar-refractivity contribution in [2.24, 2.45) is 5.92 Å². The lowest BCUT2D eigenvalue weighted by Gasteiger charge is -2.33. The highest BCUT2D eigenvalue weighted by atomic mass is 127. The standard InChI is InChI=1S/C10H14IN3O/c1-7-2-9(15)6-14(5-7)10-12-3-8(11)4-13-10/h3-4,7,9,15H,2,5-6H2,1H3/t7-,9+/m1/s1. The van der Waals surface area contributed by atoms with Gasteiger partial charge in [-0.05, 0) is 34.9 Å². The van der Waals surface area contributed by atoms with Crippen LogP contribution in [0.3, 0.4) is 0 Å². The number of hydrogen-bond acceptors (Lipinski definition) is 4. The van der Waals surface area contributed by atoms with Crippen molar-refractivity contribution in [2.45, 2.75) is 19.4 Å². The van der Waals surface area contributed by atoms with Gasteiger partial charge < -0.3 is 10.0 Å². The van der Waals surface area contributed by atoms with Crippen LogP contribution in [0.25, 0.3) is 0 Å². The maximum Gasteiger partial charge on any atom is 0.225 e. The molecule has 2 heterocycles. The largest absolute Gasteiger partial charge is 0.391 e. The van der Waals surface area contributed by atoms with Gasteiger partial charge in [-0.1, -0.05) is 6.92 Å². The van der Waals surface area contributed by atoms with Crippen molar-refractivity contribution in [3.05, 3.63) is 16.0 Å². The molecule has 5 heteroatoms. The Balaban J connectivity index is 2.12. The number of aliphatic hydroxyl groups excluding tert-OH is 1. The fourth-order valence-electron chi connectivity index (χ4n) is 1.95. The molecule has 0 unspecified atom stereocenters. The predicted octanol–water partition coefficient (Wildman–Crippen LogP) is 1.29. The van der Waals surface area contributed by atoms with Crippen molar-refractivity contribution in [2.75, 3.05) is 18.0 Å². The molecule has 1 saturated heterocycles. The molecule has 2 rings (SSSR count). The molecule has 0 saturated carbocycles. The first kappa shape index (κ1) is 11.1. The van der Waals surface area contributed by atoms with Crippen LogP contribution >= 0.6 is 22.6 Å². The molecule has 82 valence electrons. The zero-order valence-corrected chi connectivity index (χ0v) is 10.8. The first-order chi connectivity index (χ1) is 7.15. The molecule has 0 radical (unpaired) electrons. The normalized spacial score (nSPS) is 26.7. The highest BCUT2D eigenvalue weighted by Gasteiger charge is 2.24. The molecule has 1 aliphatic rings. The first-order valence-electron chi connectivity index (χ1n) is 5.05. The second-order valence-corrected chi connectivity index (χ2v) is 5.35. The number of aromatic nitrogens is 2. The van der Waals surface area contributed by atoms with Crippen LogP contribution in [0, 0.1) is 9.49 Å². The van der Waals surface area contributed by atoms with E-state index in [9.17, 15) is 5.11 Å². The van der Waals surface area contributed by atoms with Crippen molar-refractivity contribution < 1.29 is 5.11 Å². The number of aliphatic hydroxyl groups is 1. The van der Waals surface area contributed by atoms with Gasteiger partial charge in [-0.15, -0.1) is 0 Å². The lowest BCUT2D eigenvalue weighted by atomic mass is 9.98. The summed E-state index contributed by atoms with van der Waals surface area (Å²) in [5.74, 6) is 1.22. The predicted molar refractivity (Wildman–Crippen MR) is 66.7 cm³/mol. The molecule has 1 aliphatic heterocycles. The molecule has 1 aromatic rings. The van der Waals surface area contributed by atoms with E-state index in [-0.39, 0.29) is 6.10 Å². The molecule has 0 spiro atoms. The van der Waals surface area contributed by atoms with Gasteiger partial charge in [-0.25, -0.2) is 9.97 Å². The Kier molecular flexibility index (Phi) is 3.40. The number of halogens is 1. The Morgan fingerprint density at radius 1 is 1.40 bits per heavy atom. The molecule has 1 aromatic heterocycles. The Morgan fingerprint density at radius 2 is 2.07 bits per heavy atom. The molecule has 1 N–H and O–H groups in total. The summed E-state index contributed by atoms with van der Waals surface area (Å²) >= 11 is 2.18. The minimum Gasteiger partial charge on any atom is -0.391 e. The van der Waals surface area contributed by atoms with E-state index in [1.807, 2.05) is 0 Å². The number of piperidine rings is 1. The monoisotopic (exact) mass is 319 g/mol. The van der Waals surface area contributed by atoms with Gasteiger partial charge in [0.2, 0.25) is 5.95 Å². The van der Waals surface area contributed by atoms with Gasteiger partial charge in [0.15, 0.2) is 0 Å². The van der Waals surface area contributed by atoms with E-state index in [4.69, 9.17) is 0 Å². The second kappa shape index (κ2) is 4.61. The van der Waals surface area contributed by atoms with Crippen molar-refractivity contribution >= 4 is 28.5 Å². The van der Waals surface area contributed by atoms with E-state index in [1.165, 1.54) is 0 Å². The van der Waals surface area contributed by atoms with E-state index < -0.39 is 0 Å². The SMILES string of the molecule is C[C@@H]1C[C@H](O)CN(c2ncc(I)cn2)C1. The molecule has 0 aromatic carbocycles. The molecule has 1 fully saturated rings. The van der Waals surface area contributed by atoms with Crippen LogP contribution in [0.5, 0.6) is 0 Å². The summed E-state index contributed by atoms with van der Waals surface area (Å²) in [6.07, 6.45) is 4.22. The van der Waals surface area contributed by atoms with Crippen LogP contribution in [-0.4, -0.2) is 34.3 Å². The summed E-state index contributed by atoms with van der Waals surface area (Å²) < 4.78 is 1.03. The van der Waals surface area contributed by atoms with E-state index >= 15 is 0 Å². The first-order valence-corrected chi connectivity index (χ1v) is 6.13. The van der Waals surface area contributed by atoms with Crippen molar-refractivity contribution in [3.63, 3.8) is 0 Å². The third kappa shape index (κ3) is 2.78. The number of rotatable bonds is 1. The molecule has 2 atom stereocenters. The second-order valence-electron chi connectivity index (χ2n) is 4.10. The fraction of sp³-hybridized carbons (Fsp3) is 0.600. The van der Waals surface area contributed by atoms with Gasteiger partial charge in [0.1, 0.15) is 0 Å². The molecule has 0 amide bonds. The zero-order valence-electron chi connectivity index (χ0n) is 8.60. The summed E-state index contributed by atoms with van der Waals surface area (Å²) in [6, 6.07) is 0. The minimum atomic E-state index is -0.253. The van der Waals surface area contributed by atoms with Gasteiger partial charge >= 0.3 is 0 Å². The molecule has 0 bridgehead atoms. The number of anilines is 1. The smallest absolute Gasteiger partial charge is 0.225 e. The quantitative estimate of drug-likeness (QED) is 0.793. The van der Waals surface area contributed by atoms with Crippen LogP contribution in [0.15, 0.2) is 12.4 Å². The third-order valence-corrected chi connectivity index (χ3v) is 3.08. The maximum absolute atomic E-state index is 9.67. The topological polar surface area (TPSA) is 49.2 Å². The Bertz CT molecular complexity index is 320. The Hall–Kier alpha value is -0.430. The van der Waals surface area contributed by atoms with Crippen molar-refractivity contribution in [3.8, 4) is 0 Å². The van der Waals surface area contributed by atoms with Gasteiger partial charge in [0.05, 0.1) is 6.10 Å². The Morgan fingerprint density at radius 3 is 2.67 bits per heavy atom. The molecule has 15 heavy (non-hydrogen) atoms. The molecular weight excluding hydrogens is 305 g/mol. The van der Waals surface area contributed by atoms with Gasteiger partial charge in [0, 0.05) is 29.1 Å². The minimum absolute atomic E-state index is 0.253. The van der Waals surface area contributed by atoms with Crippen LogP contribution in [0.4, 0.5) is 5.95 Å². The summed E-state index contributed by atoms with van der Waals surface area (Å²) in [6.45, 7) is 3.71. The average molecular weight is 319 g/mol. The average Bonchev–Trinajstić information content (AvgIpc) is 2.17. The maximum atomic E-state index is 9.67. The van der Waals surface area contributed by atoms with Crippen LogP contribution in [-0.2, 0) is 0 Å². The highest BCUT2D eigenvalue weighted by Crippen LogP contribution is 2.20. The number of β-amino-alcohol motifs (C(OH)–C–C–N with tert-alkyl or cyclic N) is 1. The van der Waals surface area contributed by atoms with Crippen molar-refractivity contribution in [1.29, 1.82) is 0 Å². The Labute approximate surface area is 103 Å². The lowest BCUT2D eigenvalue weighted by Crippen LogP contribution is -2.43. The number of nitrogens with zero attached hydrogens (tertiary/aromatic N) is 3. The van der Waals surface area contributed by atoms with Crippen LogP contribution in [0.2, 0.25) is 0 Å². The number of hydrogen-bond donors (Lipinski definition) is 1. The van der Waals surface area contributed by atoms with Gasteiger partial charge in [-0.3, -0.25) is 0 Å². The summed E-state index contributed by atoms with van der Waals surface area (Å²) in [5.41, 5.74) is 0. The summed E-state index contributed by atoms with van der Waals surface area (Å²) in [4.78, 5) is 10.6. The lowest BCUT2D eigenvalue weighted by molar-refractivity contribution is 0.132. The summed E-state index contributed by atoms with van der Waals surface area (Å²) in [5, 5.41) is 9.67. The zero-order chi connectivity index (χ0) is 10.8. The van der Waals surface area contributed by atoms with Gasteiger partial charge in [-0.2, -0.15) is 0 Å². The van der Waals surface area contributed by atoms with Crippen LogP contribution in [0.1, 0.15) is 13.3 Å². The van der Waals surface area contributed by atoms with Gasteiger partial charge in [0.25, 0.3) is 0 Å². The van der Waals surface area contributed by atoms with E-state index in [1.54, 1.807) is 12.4 Å². The van der Waals surface area contributed by atoms with Crippen molar-refractivity contribution in [1.82, 2.24) is 9.97 Å². The third-order valence-electron chi connectivity index (χ3n) is 2.53. The van der Waals surface area contributed by atoms with E-state index in [2.05, 4.69) is 44.4 Å². The molecular formula is C10H14IN3O. The van der Waals surface area contributed by atoms with Crippen LogP contribution < -0.4 is 4.90 Å². The fourth-order valence-corrected chi connectivity index (χ4v) is 2.23. The molecule has 0 aliphatic carbocycles.